The van der Waals surface area contributed by atoms with Crippen molar-refractivity contribution in [3.63, 3.8) is 0 Å². The fourth-order valence-electron chi connectivity index (χ4n) is 5.44. The van der Waals surface area contributed by atoms with Gasteiger partial charge in [-0.25, -0.2) is 8.42 Å². The summed E-state index contributed by atoms with van der Waals surface area (Å²) in [7, 11) is -1.43. The zero-order valence-electron chi connectivity index (χ0n) is 27.8. The normalized spacial score (nSPS) is 11.9. The number of amides is 2. The van der Waals surface area contributed by atoms with Crippen LogP contribution < -0.4 is 19.1 Å². The lowest BCUT2D eigenvalue weighted by molar-refractivity contribution is -0.140. The van der Waals surface area contributed by atoms with Crippen LogP contribution in [0, 0.1) is 13.8 Å². The largest absolute Gasteiger partial charge is 0.493 e. The van der Waals surface area contributed by atoms with Gasteiger partial charge in [-0.15, -0.1) is 0 Å². The number of ether oxygens (including phenoxy) is 2. The summed E-state index contributed by atoms with van der Waals surface area (Å²) in [4.78, 5) is 29.9. The summed E-state index contributed by atoms with van der Waals surface area (Å²) in [6.07, 6.45) is 0.240. The van der Waals surface area contributed by atoms with Gasteiger partial charge in [0.2, 0.25) is 11.8 Å². The van der Waals surface area contributed by atoms with Crippen molar-refractivity contribution in [2.24, 2.45) is 0 Å². The summed E-state index contributed by atoms with van der Waals surface area (Å²) < 4.78 is 40.8. The van der Waals surface area contributed by atoms with Gasteiger partial charge in [0, 0.05) is 25.1 Å². The first-order valence-corrected chi connectivity index (χ1v) is 16.9. The van der Waals surface area contributed by atoms with Crippen molar-refractivity contribution < 1.29 is 27.5 Å². The van der Waals surface area contributed by atoms with E-state index >= 15 is 0 Å². The summed E-state index contributed by atoms with van der Waals surface area (Å²) in [6, 6.07) is 27.4. The van der Waals surface area contributed by atoms with Crippen molar-refractivity contribution in [1.29, 1.82) is 0 Å². The highest BCUT2D eigenvalue weighted by atomic mass is 32.2. The minimum atomic E-state index is -4.32. The third-order valence-corrected chi connectivity index (χ3v) is 9.38. The molecule has 248 valence electrons. The SMILES string of the molecule is COc1ccc(S(=O)(=O)N(CC(=O)N(Cc2ccccc2)[C@H](Cc2ccccc2)C(=O)NC(C)C)c2cc(C)cc(C)c2)cc1OC. The van der Waals surface area contributed by atoms with Crippen LogP contribution in [-0.2, 0) is 32.6 Å². The number of hydrogen-bond donors (Lipinski definition) is 1. The van der Waals surface area contributed by atoms with Crippen molar-refractivity contribution in [3.8, 4) is 11.5 Å². The van der Waals surface area contributed by atoms with E-state index in [4.69, 9.17) is 9.47 Å². The van der Waals surface area contributed by atoms with E-state index < -0.39 is 28.5 Å². The third-order valence-electron chi connectivity index (χ3n) is 7.61. The van der Waals surface area contributed by atoms with Crippen molar-refractivity contribution in [2.45, 2.75) is 57.6 Å². The maximum Gasteiger partial charge on any atom is 0.264 e. The molecular formula is C37H43N3O6S. The molecule has 0 aliphatic carbocycles. The van der Waals surface area contributed by atoms with E-state index in [1.165, 1.54) is 37.3 Å². The molecule has 2 amide bonds. The van der Waals surface area contributed by atoms with E-state index in [0.29, 0.717) is 11.4 Å². The Morgan fingerprint density at radius 2 is 1.34 bits per heavy atom. The average molecular weight is 658 g/mol. The number of carbonyl (C=O) groups is 2. The first-order valence-electron chi connectivity index (χ1n) is 15.4. The van der Waals surface area contributed by atoms with E-state index in [0.717, 1.165) is 26.6 Å². The summed E-state index contributed by atoms with van der Waals surface area (Å²) in [5.41, 5.74) is 3.67. The fraction of sp³-hybridized carbons (Fsp3) is 0.297. The lowest BCUT2D eigenvalue weighted by Gasteiger charge is -2.34. The summed E-state index contributed by atoms with van der Waals surface area (Å²) in [6.45, 7) is 7.00. The van der Waals surface area contributed by atoms with Gasteiger partial charge in [0.1, 0.15) is 12.6 Å². The molecule has 0 aliphatic heterocycles. The molecule has 0 unspecified atom stereocenters. The van der Waals surface area contributed by atoms with Gasteiger partial charge < -0.3 is 19.7 Å². The highest BCUT2D eigenvalue weighted by Crippen LogP contribution is 2.33. The summed E-state index contributed by atoms with van der Waals surface area (Å²) in [5, 5.41) is 2.97. The molecule has 1 atom stereocenters. The molecule has 1 N–H and O–H groups in total. The monoisotopic (exact) mass is 657 g/mol. The van der Waals surface area contributed by atoms with Crippen LogP contribution in [0.25, 0.3) is 0 Å². The molecule has 0 fully saturated rings. The number of nitrogens with zero attached hydrogens (tertiary/aromatic N) is 2. The smallest absolute Gasteiger partial charge is 0.264 e. The van der Waals surface area contributed by atoms with Gasteiger partial charge in [-0.1, -0.05) is 66.7 Å². The second kappa shape index (κ2) is 15.6. The molecule has 9 nitrogen and oxygen atoms in total. The second-order valence-corrected chi connectivity index (χ2v) is 13.6. The Balaban J connectivity index is 1.84. The van der Waals surface area contributed by atoms with Gasteiger partial charge in [-0.2, -0.15) is 0 Å². The highest BCUT2D eigenvalue weighted by molar-refractivity contribution is 7.92. The van der Waals surface area contributed by atoms with Gasteiger partial charge in [-0.05, 0) is 74.2 Å². The van der Waals surface area contributed by atoms with Crippen molar-refractivity contribution in [1.82, 2.24) is 10.2 Å². The number of aryl methyl sites for hydroxylation is 2. The number of carbonyl (C=O) groups excluding carboxylic acids is 2. The van der Waals surface area contributed by atoms with Crippen molar-refractivity contribution in [3.05, 3.63) is 119 Å². The maximum atomic E-state index is 14.6. The Hall–Kier alpha value is -4.83. The molecule has 0 radical (unpaired) electrons. The van der Waals surface area contributed by atoms with E-state index in [9.17, 15) is 18.0 Å². The number of methoxy groups -OCH3 is 2. The number of hydrogen-bond acceptors (Lipinski definition) is 6. The fourth-order valence-corrected chi connectivity index (χ4v) is 6.86. The predicted molar refractivity (Wildman–Crippen MR) is 184 cm³/mol. The molecule has 0 saturated heterocycles. The molecule has 0 bridgehead atoms. The lowest BCUT2D eigenvalue weighted by atomic mass is 10.0. The molecule has 0 heterocycles. The van der Waals surface area contributed by atoms with Gasteiger partial charge in [0.25, 0.3) is 10.0 Å². The van der Waals surface area contributed by atoms with Crippen LogP contribution in [0.2, 0.25) is 0 Å². The molecule has 4 aromatic carbocycles. The van der Waals surface area contributed by atoms with E-state index in [1.54, 1.807) is 12.1 Å². The van der Waals surface area contributed by atoms with Crippen LogP contribution in [0.15, 0.2) is 102 Å². The Labute approximate surface area is 278 Å². The number of nitrogens with one attached hydrogen (secondary N) is 1. The standard InChI is InChI=1S/C37H43N3O6S/c1-26(2)38-37(42)33(22-29-13-9-7-10-14-29)39(24-30-15-11-8-12-16-30)36(41)25-40(31-20-27(3)19-28(4)21-31)47(43,44)32-17-18-34(45-5)35(23-32)46-6/h7-21,23,26,33H,22,24-25H2,1-6H3,(H,38,42)/t33-/m1/s1. The van der Waals surface area contributed by atoms with Crippen LogP contribution in [0.5, 0.6) is 11.5 Å². The molecule has 0 saturated carbocycles. The van der Waals surface area contributed by atoms with Gasteiger partial charge in [0.05, 0.1) is 24.8 Å². The summed E-state index contributed by atoms with van der Waals surface area (Å²) >= 11 is 0. The molecular weight excluding hydrogens is 614 g/mol. The third kappa shape index (κ3) is 8.92. The van der Waals surface area contributed by atoms with Gasteiger partial charge in [0.15, 0.2) is 11.5 Å². The number of anilines is 1. The molecule has 4 rings (SSSR count). The molecule has 0 aliphatic rings. The molecule has 10 heteroatoms. The zero-order chi connectivity index (χ0) is 34.1. The first-order chi connectivity index (χ1) is 22.4. The zero-order valence-corrected chi connectivity index (χ0v) is 28.6. The molecule has 0 spiro atoms. The van der Waals surface area contributed by atoms with Crippen LogP contribution >= 0.6 is 0 Å². The van der Waals surface area contributed by atoms with Crippen LogP contribution in [0.3, 0.4) is 0 Å². The summed E-state index contributed by atoms with van der Waals surface area (Å²) in [5.74, 6) is -0.251. The lowest BCUT2D eigenvalue weighted by Crippen LogP contribution is -2.54. The average Bonchev–Trinajstić information content (AvgIpc) is 3.04. The van der Waals surface area contributed by atoms with Crippen molar-refractivity contribution >= 4 is 27.5 Å². The Morgan fingerprint density at radius 3 is 1.89 bits per heavy atom. The molecule has 4 aromatic rings. The van der Waals surface area contributed by atoms with E-state index in [1.807, 2.05) is 94.4 Å². The van der Waals surface area contributed by atoms with Crippen LogP contribution in [0.1, 0.15) is 36.1 Å². The highest BCUT2D eigenvalue weighted by Gasteiger charge is 2.35. The predicted octanol–water partition coefficient (Wildman–Crippen LogP) is 5.68. The Morgan fingerprint density at radius 1 is 0.766 bits per heavy atom. The van der Waals surface area contributed by atoms with Gasteiger partial charge in [-0.3, -0.25) is 13.9 Å². The molecule has 0 aromatic heterocycles. The second-order valence-electron chi connectivity index (χ2n) is 11.8. The number of rotatable bonds is 14. The first kappa shape index (κ1) is 35.0. The maximum absolute atomic E-state index is 14.6. The Kier molecular flexibility index (Phi) is 11.7. The number of benzene rings is 4. The number of sulfonamides is 1. The topological polar surface area (TPSA) is 105 Å². The van der Waals surface area contributed by atoms with E-state index in [-0.39, 0.29) is 35.6 Å². The Bertz CT molecular complexity index is 1760. The van der Waals surface area contributed by atoms with Crippen LogP contribution in [-0.4, -0.2) is 58.0 Å². The van der Waals surface area contributed by atoms with Crippen LogP contribution in [0.4, 0.5) is 5.69 Å². The minimum Gasteiger partial charge on any atom is -0.493 e. The minimum absolute atomic E-state index is 0.0740. The van der Waals surface area contributed by atoms with E-state index in [2.05, 4.69) is 5.32 Å². The van der Waals surface area contributed by atoms with Gasteiger partial charge >= 0.3 is 0 Å². The quantitative estimate of drug-likeness (QED) is 0.187. The molecule has 47 heavy (non-hydrogen) atoms. The van der Waals surface area contributed by atoms with Crippen molar-refractivity contribution in [2.75, 3.05) is 25.1 Å².